The molecule has 0 aromatic heterocycles. The maximum atomic E-state index is 11.6. The Morgan fingerprint density at radius 3 is 2.50 bits per heavy atom. The van der Waals surface area contributed by atoms with Crippen molar-refractivity contribution in [2.24, 2.45) is 11.8 Å². The molecule has 4 atom stereocenters. The van der Waals surface area contributed by atoms with Crippen LogP contribution in [0.25, 0.3) is 0 Å². The molecule has 0 aromatic rings. The molecule has 1 saturated carbocycles. The minimum absolute atomic E-state index is 0.0940. The van der Waals surface area contributed by atoms with Crippen LogP contribution in [0, 0.1) is 11.8 Å². The van der Waals surface area contributed by atoms with Gasteiger partial charge in [0.2, 0.25) is 0 Å². The molecule has 0 radical (unpaired) electrons. The van der Waals surface area contributed by atoms with Crippen molar-refractivity contribution < 1.29 is 19.7 Å². The third-order valence-electron chi connectivity index (χ3n) is 7.46. The molecule has 0 aliphatic heterocycles. The van der Waals surface area contributed by atoms with E-state index >= 15 is 0 Å². The Bertz CT molecular complexity index is 530. The van der Waals surface area contributed by atoms with Crippen molar-refractivity contribution in [1.82, 2.24) is 0 Å². The summed E-state index contributed by atoms with van der Waals surface area (Å²) in [5.74, 6) is 0.453. The van der Waals surface area contributed by atoms with Crippen LogP contribution in [-0.4, -0.2) is 34.5 Å². The highest BCUT2D eigenvalue weighted by atomic mass is 16.5. The summed E-state index contributed by atoms with van der Waals surface area (Å²) in [6.45, 7) is 8.94. The summed E-state index contributed by atoms with van der Waals surface area (Å²) < 4.78 is 4.98. The van der Waals surface area contributed by atoms with Crippen LogP contribution in [0.2, 0.25) is 0 Å². The molecule has 2 N–H and O–H groups in total. The Hall–Kier alpha value is -0.870. The van der Waals surface area contributed by atoms with Gasteiger partial charge in [0, 0.05) is 12.3 Å². The lowest BCUT2D eigenvalue weighted by Gasteiger charge is -2.34. The average Bonchev–Trinajstić information content (AvgIpc) is 3.12. The monoisotopic (exact) mass is 452 g/mol. The van der Waals surface area contributed by atoms with Gasteiger partial charge in [-0.05, 0) is 57.8 Å². The molecule has 0 heterocycles. The maximum absolute atomic E-state index is 11.6. The number of aliphatic hydroxyl groups is 2. The fourth-order valence-corrected chi connectivity index (χ4v) is 5.12. The third-order valence-corrected chi connectivity index (χ3v) is 7.46. The normalized spacial score (nSPS) is 22.8. The lowest BCUT2D eigenvalue weighted by atomic mass is 9.78. The topological polar surface area (TPSA) is 66.8 Å². The molecule has 0 amide bonds. The summed E-state index contributed by atoms with van der Waals surface area (Å²) in [6.07, 6.45) is 17.9. The molecule has 1 aliphatic rings. The quantitative estimate of drug-likeness (QED) is 0.132. The van der Waals surface area contributed by atoms with E-state index in [4.69, 9.17) is 4.74 Å². The van der Waals surface area contributed by atoms with Crippen molar-refractivity contribution in [1.29, 1.82) is 0 Å². The van der Waals surface area contributed by atoms with E-state index in [-0.39, 0.29) is 18.0 Å². The van der Waals surface area contributed by atoms with Crippen LogP contribution in [0.3, 0.4) is 0 Å². The van der Waals surface area contributed by atoms with Gasteiger partial charge in [-0.15, -0.1) is 0 Å². The number of carbonyl (C=O) groups is 1. The van der Waals surface area contributed by atoms with Crippen molar-refractivity contribution in [2.45, 2.75) is 142 Å². The van der Waals surface area contributed by atoms with Gasteiger partial charge in [0.1, 0.15) is 0 Å². The summed E-state index contributed by atoms with van der Waals surface area (Å²) >= 11 is 0. The van der Waals surface area contributed by atoms with E-state index in [2.05, 4.69) is 26.8 Å². The minimum Gasteiger partial charge on any atom is -0.466 e. The Kier molecular flexibility index (Phi) is 15.2. The first-order chi connectivity index (χ1) is 15.4. The Morgan fingerprint density at radius 2 is 1.81 bits per heavy atom. The van der Waals surface area contributed by atoms with Crippen molar-refractivity contribution in [3.8, 4) is 0 Å². The molecule has 0 bridgehead atoms. The number of esters is 1. The number of hydrogen-bond acceptors (Lipinski definition) is 4. The minimum atomic E-state index is -0.622. The molecule has 4 heteroatoms. The molecular formula is C28H52O4. The Morgan fingerprint density at radius 1 is 1.09 bits per heavy atom. The third kappa shape index (κ3) is 10.8. The SMILES string of the molecule is CCCCCC(O)(CC=C1CC[C@@H](O)[C@@H]1CCCCCCC(=O)OCC)C(C)CCCC. The fourth-order valence-electron chi connectivity index (χ4n) is 5.12. The van der Waals surface area contributed by atoms with Gasteiger partial charge < -0.3 is 14.9 Å². The molecular weight excluding hydrogens is 400 g/mol. The molecule has 2 unspecified atom stereocenters. The van der Waals surface area contributed by atoms with Gasteiger partial charge in [0.15, 0.2) is 0 Å². The molecule has 4 nitrogen and oxygen atoms in total. The predicted molar refractivity (Wildman–Crippen MR) is 134 cm³/mol. The Labute approximate surface area is 198 Å². The van der Waals surface area contributed by atoms with E-state index in [1.165, 1.54) is 31.3 Å². The highest BCUT2D eigenvalue weighted by Crippen LogP contribution is 2.38. The van der Waals surface area contributed by atoms with Crippen LogP contribution in [0.4, 0.5) is 0 Å². The second-order valence-electron chi connectivity index (χ2n) is 10.1. The van der Waals surface area contributed by atoms with E-state index < -0.39 is 5.60 Å². The fraction of sp³-hybridized carbons (Fsp3) is 0.893. The zero-order chi connectivity index (χ0) is 23.8. The molecule has 0 spiro atoms. The summed E-state index contributed by atoms with van der Waals surface area (Å²) in [5, 5.41) is 22.1. The van der Waals surface area contributed by atoms with Gasteiger partial charge in [-0.25, -0.2) is 0 Å². The number of ether oxygens (including phenoxy) is 1. The first kappa shape index (κ1) is 29.2. The van der Waals surface area contributed by atoms with Crippen molar-refractivity contribution in [2.75, 3.05) is 6.61 Å². The van der Waals surface area contributed by atoms with Gasteiger partial charge in [-0.3, -0.25) is 4.79 Å². The first-order valence-electron chi connectivity index (χ1n) is 13.6. The summed E-state index contributed by atoms with van der Waals surface area (Å²) in [7, 11) is 0. The number of rotatable bonds is 18. The highest BCUT2D eigenvalue weighted by molar-refractivity contribution is 5.69. The van der Waals surface area contributed by atoms with Crippen LogP contribution in [0.5, 0.6) is 0 Å². The van der Waals surface area contributed by atoms with Gasteiger partial charge >= 0.3 is 5.97 Å². The maximum Gasteiger partial charge on any atom is 0.305 e. The van der Waals surface area contributed by atoms with Crippen molar-refractivity contribution in [3.05, 3.63) is 11.6 Å². The van der Waals surface area contributed by atoms with E-state index in [0.717, 1.165) is 70.6 Å². The zero-order valence-electron chi connectivity index (χ0n) is 21.5. The molecule has 1 rings (SSSR count). The van der Waals surface area contributed by atoms with E-state index in [1.54, 1.807) is 0 Å². The Balaban J connectivity index is 2.58. The number of hydrogen-bond donors (Lipinski definition) is 2. The summed E-state index contributed by atoms with van der Waals surface area (Å²) in [6, 6.07) is 0. The zero-order valence-corrected chi connectivity index (χ0v) is 21.5. The number of carbonyl (C=O) groups excluding carboxylic acids is 1. The summed E-state index contributed by atoms with van der Waals surface area (Å²) in [5.41, 5.74) is 0.739. The standard InChI is InChI=1S/C28H52O4/c1-5-8-14-21-28(31,23(4)15-9-6-2)22-20-24-18-19-26(29)25(24)16-12-10-11-13-17-27(30)32-7-3/h20,23,25-26,29,31H,5-19,21-22H2,1-4H3/t23?,25-,26-,28?/m1/s1. The van der Waals surface area contributed by atoms with Crippen LogP contribution in [0.15, 0.2) is 11.6 Å². The smallest absolute Gasteiger partial charge is 0.305 e. The van der Waals surface area contributed by atoms with Gasteiger partial charge in [0.25, 0.3) is 0 Å². The largest absolute Gasteiger partial charge is 0.466 e. The second-order valence-corrected chi connectivity index (χ2v) is 10.1. The van der Waals surface area contributed by atoms with Gasteiger partial charge in [-0.2, -0.15) is 0 Å². The number of aliphatic hydroxyl groups excluding tert-OH is 1. The van der Waals surface area contributed by atoms with Crippen LogP contribution in [0.1, 0.15) is 130 Å². The predicted octanol–water partition coefficient (Wildman–Crippen LogP) is 7.12. The molecule has 188 valence electrons. The van der Waals surface area contributed by atoms with Crippen molar-refractivity contribution >= 4 is 5.97 Å². The number of unbranched alkanes of at least 4 members (excludes halogenated alkanes) is 6. The van der Waals surface area contributed by atoms with E-state index in [1.807, 2.05) is 6.92 Å². The van der Waals surface area contributed by atoms with Gasteiger partial charge in [0.05, 0.1) is 18.3 Å². The van der Waals surface area contributed by atoms with Crippen molar-refractivity contribution in [3.63, 3.8) is 0 Å². The average molecular weight is 453 g/mol. The van der Waals surface area contributed by atoms with Crippen LogP contribution < -0.4 is 0 Å². The second kappa shape index (κ2) is 16.7. The van der Waals surface area contributed by atoms with Gasteiger partial charge in [-0.1, -0.05) is 83.8 Å². The lowest BCUT2D eigenvalue weighted by Crippen LogP contribution is -2.36. The highest BCUT2D eigenvalue weighted by Gasteiger charge is 2.34. The summed E-state index contributed by atoms with van der Waals surface area (Å²) in [4.78, 5) is 11.4. The molecule has 1 aliphatic carbocycles. The first-order valence-corrected chi connectivity index (χ1v) is 13.6. The molecule has 0 aromatic carbocycles. The van der Waals surface area contributed by atoms with E-state index in [9.17, 15) is 15.0 Å². The lowest BCUT2D eigenvalue weighted by molar-refractivity contribution is -0.143. The van der Waals surface area contributed by atoms with Crippen LogP contribution >= 0.6 is 0 Å². The van der Waals surface area contributed by atoms with E-state index in [0.29, 0.717) is 18.9 Å². The van der Waals surface area contributed by atoms with Crippen LogP contribution in [-0.2, 0) is 9.53 Å². The molecule has 1 fully saturated rings. The molecule has 0 saturated heterocycles. The molecule has 32 heavy (non-hydrogen) atoms.